The van der Waals surface area contributed by atoms with E-state index >= 15 is 0 Å². The van der Waals surface area contributed by atoms with Crippen LogP contribution in [0.4, 0.5) is 0 Å². The third-order valence-corrected chi connectivity index (χ3v) is 6.03. The maximum absolute atomic E-state index is 11.4. The van der Waals surface area contributed by atoms with Gasteiger partial charge in [0, 0.05) is 18.0 Å². The van der Waals surface area contributed by atoms with Crippen molar-refractivity contribution in [1.82, 2.24) is 0 Å². The third-order valence-electron chi connectivity index (χ3n) is 4.54. The highest BCUT2D eigenvalue weighted by atomic mass is 79.9. The van der Waals surface area contributed by atoms with Gasteiger partial charge in [0.15, 0.2) is 5.12 Å². The van der Waals surface area contributed by atoms with E-state index in [0.29, 0.717) is 5.75 Å². The second-order valence-electron chi connectivity index (χ2n) is 6.92. The molecular weight excluding hydrogens is 387 g/mol. The van der Waals surface area contributed by atoms with Crippen molar-refractivity contribution in [2.24, 2.45) is 0 Å². The number of benzene rings is 1. The summed E-state index contributed by atoms with van der Waals surface area (Å²) in [6.07, 6.45) is 2.09. The summed E-state index contributed by atoms with van der Waals surface area (Å²) in [7, 11) is -0.440. The number of alkyl halides is 1. The summed E-state index contributed by atoms with van der Waals surface area (Å²) in [4.78, 5) is 11.4. The number of halogens is 1. The summed E-state index contributed by atoms with van der Waals surface area (Å²) in [6.45, 7) is 9.73. The molecule has 0 spiro atoms. The standard InChI is InChI=1S/C18H24BBrO3S/c1-13(21)24-12-16(10-14-8-6-7-9-15(14)11-20)19-22-17(2,3)18(4,5)23-19/h6-10H,11-12H2,1-5H3. The average Bonchev–Trinajstić information content (AvgIpc) is 2.71. The first-order valence-corrected chi connectivity index (χ1v) is 10.1. The molecule has 1 aliphatic rings. The first-order chi connectivity index (χ1) is 11.2. The first-order valence-electron chi connectivity index (χ1n) is 7.99. The SMILES string of the molecule is CC(=O)SCC(=Cc1ccccc1CBr)B1OC(C)(C)C(C)(C)O1. The Morgan fingerprint density at radius 1 is 1.21 bits per heavy atom. The number of thioether (sulfide) groups is 1. The fourth-order valence-electron chi connectivity index (χ4n) is 2.35. The van der Waals surface area contributed by atoms with Crippen LogP contribution < -0.4 is 0 Å². The smallest absolute Gasteiger partial charge is 0.400 e. The Morgan fingerprint density at radius 3 is 2.33 bits per heavy atom. The van der Waals surface area contributed by atoms with Crippen molar-refractivity contribution in [3.05, 3.63) is 40.9 Å². The van der Waals surface area contributed by atoms with Crippen LogP contribution in [0.2, 0.25) is 0 Å². The van der Waals surface area contributed by atoms with Crippen molar-refractivity contribution < 1.29 is 14.1 Å². The predicted molar refractivity (Wildman–Crippen MR) is 106 cm³/mol. The van der Waals surface area contributed by atoms with Crippen LogP contribution >= 0.6 is 27.7 Å². The molecular formula is C18H24BBrO3S. The van der Waals surface area contributed by atoms with E-state index in [1.54, 1.807) is 6.92 Å². The largest absolute Gasteiger partial charge is 0.491 e. The van der Waals surface area contributed by atoms with Crippen molar-refractivity contribution in [3.63, 3.8) is 0 Å². The Kier molecular flexibility index (Phi) is 6.40. The number of carbonyl (C=O) groups excluding carboxylic acids is 1. The Balaban J connectivity index is 2.35. The van der Waals surface area contributed by atoms with Gasteiger partial charge in [-0.1, -0.05) is 58.0 Å². The maximum Gasteiger partial charge on any atom is 0.491 e. The quantitative estimate of drug-likeness (QED) is 0.512. The predicted octanol–water partition coefficient (Wildman–Crippen LogP) is 4.88. The van der Waals surface area contributed by atoms with Crippen molar-refractivity contribution in [2.75, 3.05) is 5.75 Å². The molecule has 3 nitrogen and oxygen atoms in total. The molecule has 130 valence electrons. The Bertz CT molecular complexity index is 627. The molecule has 1 fully saturated rings. The van der Waals surface area contributed by atoms with Gasteiger partial charge in [0.05, 0.1) is 11.2 Å². The first kappa shape index (κ1) is 19.8. The van der Waals surface area contributed by atoms with E-state index in [-0.39, 0.29) is 5.12 Å². The van der Waals surface area contributed by atoms with Gasteiger partial charge in [0.1, 0.15) is 0 Å². The molecule has 0 aromatic heterocycles. The van der Waals surface area contributed by atoms with E-state index < -0.39 is 18.3 Å². The van der Waals surface area contributed by atoms with Crippen LogP contribution in [0.15, 0.2) is 29.7 Å². The summed E-state index contributed by atoms with van der Waals surface area (Å²) in [5.41, 5.74) is 2.49. The molecule has 2 rings (SSSR count). The molecule has 0 atom stereocenters. The minimum atomic E-state index is -0.440. The van der Waals surface area contributed by atoms with E-state index in [9.17, 15) is 4.79 Å². The van der Waals surface area contributed by atoms with Crippen LogP contribution in [0, 0.1) is 0 Å². The number of carbonyl (C=O) groups is 1. The second-order valence-corrected chi connectivity index (χ2v) is 8.63. The highest BCUT2D eigenvalue weighted by Gasteiger charge is 2.52. The highest BCUT2D eigenvalue weighted by molar-refractivity contribution is 9.08. The molecule has 0 N–H and O–H groups in total. The Hall–Kier alpha value is -0.555. The molecule has 0 saturated carbocycles. The minimum absolute atomic E-state index is 0.0891. The van der Waals surface area contributed by atoms with E-state index in [0.717, 1.165) is 16.4 Å². The van der Waals surface area contributed by atoms with E-state index in [2.05, 4.69) is 34.1 Å². The Labute approximate surface area is 157 Å². The van der Waals surface area contributed by atoms with Crippen LogP contribution in [0.3, 0.4) is 0 Å². The van der Waals surface area contributed by atoms with E-state index in [4.69, 9.17) is 9.31 Å². The van der Waals surface area contributed by atoms with Crippen molar-refractivity contribution in [2.45, 2.75) is 51.2 Å². The van der Waals surface area contributed by atoms with Crippen LogP contribution in [-0.4, -0.2) is 29.2 Å². The van der Waals surface area contributed by atoms with Gasteiger partial charge in [0.25, 0.3) is 0 Å². The summed E-state index contributed by atoms with van der Waals surface area (Å²) in [6, 6.07) is 8.19. The molecule has 1 saturated heterocycles. The summed E-state index contributed by atoms with van der Waals surface area (Å²) in [5, 5.41) is 0.863. The number of rotatable bonds is 5. The van der Waals surface area contributed by atoms with Crippen molar-refractivity contribution in [3.8, 4) is 0 Å². The molecule has 1 heterocycles. The normalized spacial score (nSPS) is 19.6. The van der Waals surface area contributed by atoms with Crippen LogP contribution in [0.1, 0.15) is 45.7 Å². The number of hydrogen-bond acceptors (Lipinski definition) is 4. The maximum atomic E-state index is 11.4. The monoisotopic (exact) mass is 410 g/mol. The summed E-state index contributed by atoms with van der Waals surface area (Å²) >= 11 is 4.81. The molecule has 6 heteroatoms. The Morgan fingerprint density at radius 2 is 1.79 bits per heavy atom. The lowest BCUT2D eigenvalue weighted by atomic mass is 9.78. The van der Waals surface area contributed by atoms with Crippen LogP contribution in [-0.2, 0) is 19.4 Å². The molecule has 1 aromatic rings. The fraction of sp³-hybridized carbons (Fsp3) is 0.500. The minimum Gasteiger partial charge on any atom is -0.400 e. The van der Waals surface area contributed by atoms with Gasteiger partial charge in [-0.3, -0.25) is 4.79 Å². The topological polar surface area (TPSA) is 35.5 Å². The fourth-order valence-corrected chi connectivity index (χ4v) is 3.45. The molecule has 0 aliphatic carbocycles. The van der Waals surface area contributed by atoms with Gasteiger partial charge in [0.2, 0.25) is 0 Å². The van der Waals surface area contributed by atoms with Crippen molar-refractivity contribution in [1.29, 1.82) is 0 Å². The van der Waals surface area contributed by atoms with Gasteiger partial charge < -0.3 is 9.31 Å². The zero-order valence-electron chi connectivity index (χ0n) is 14.9. The van der Waals surface area contributed by atoms with Gasteiger partial charge >= 0.3 is 7.12 Å². The molecule has 0 unspecified atom stereocenters. The summed E-state index contributed by atoms with van der Waals surface area (Å²) < 4.78 is 12.4. The zero-order chi connectivity index (χ0) is 18.0. The molecule has 0 bridgehead atoms. The zero-order valence-corrected chi connectivity index (χ0v) is 17.3. The third kappa shape index (κ3) is 4.54. The molecule has 1 aromatic carbocycles. The van der Waals surface area contributed by atoms with Crippen LogP contribution in [0.5, 0.6) is 0 Å². The molecule has 24 heavy (non-hydrogen) atoms. The molecule has 0 amide bonds. The number of hydrogen-bond donors (Lipinski definition) is 0. The van der Waals surface area contributed by atoms with Gasteiger partial charge in [-0.05, 0) is 44.3 Å². The average molecular weight is 411 g/mol. The summed E-state index contributed by atoms with van der Waals surface area (Å²) in [5.74, 6) is 0.558. The van der Waals surface area contributed by atoms with Crippen molar-refractivity contribution >= 4 is 46.0 Å². The lowest BCUT2D eigenvalue weighted by molar-refractivity contribution is -0.109. The molecule has 1 aliphatic heterocycles. The van der Waals surface area contributed by atoms with Gasteiger partial charge in [-0.15, -0.1) is 0 Å². The second kappa shape index (κ2) is 7.77. The lowest BCUT2D eigenvalue weighted by Gasteiger charge is -2.32. The van der Waals surface area contributed by atoms with Gasteiger partial charge in [-0.2, -0.15) is 0 Å². The highest BCUT2D eigenvalue weighted by Crippen LogP contribution is 2.39. The van der Waals surface area contributed by atoms with E-state index in [1.165, 1.54) is 17.3 Å². The lowest BCUT2D eigenvalue weighted by Crippen LogP contribution is -2.41. The molecule has 0 radical (unpaired) electrons. The van der Waals surface area contributed by atoms with Crippen LogP contribution in [0.25, 0.3) is 6.08 Å². The van der Waals surface area contributed by atoms with E-state index in [1.807, 2.05) is 39.8 Å². The van der Waals surface area contributed by atoms with Gasteiger partial charge in [-0.25, -0.2) is 0 Å².